The molecule has 0 radical (unpaired) electrons. The molecule has 0 aliphatic heterocycles. The predicted octanol–water partition coefficient (Wildman–Crippen LogP) is 2.43. The summed E-state index contributed by atoms with van der Waals surface area (Å²) >= 11 is 1.58. The highest BCUT2D eigenvalue weighted by molar-refractivity contribution is 7.17. The summed E-state index contributed by atoms with van der Waals surface area (Å²) in [5.41, 5.74) is 6.32. The van der Waals surface area contributed by atoms with Gasteiger partial charge in [-0.05, 0) is 13.0 Å². The second-order valence-electron chi connectivity index (χ2n) is 3.30. The van der Waals surface area contributed by atoms with Crippen molar-refractivity contribution >= 4 is 27.2 Å². The Morgan fingerprint density at radius 3 is 2.86 bits per heavy atom. The van der Waals surface area contributed by atoms with Crippen molar-refractivity contribution in [3.63, 3.8) is 0 Å². The molecule has 0 aliphatic rings. The molecule has 1 atom stereocenters. The van der Waals surface area contributed by atoms with Gasteiger partial charge in [0.1, 0.15) is 0 Å². The van der Waals surface area contributed by atoms with Crippen molar-refractivity contribution in [2.75, 3.05) is 0 Å². The minimum absolute atomic E-state index is 0.0162. The fraction of sp³-hybridized carbons (Fsp3) is 0.182. The van der Waals surface area contributed by atoms with Crippen molar-refractivity contribution in [3.8, 4) is 0 Å². The number of nitrogens with two attached hydrogens (primary N) is 1. The topological polar surface area (TPSA) is 43.1 Å². The van der Waals surface area contributed by atoms with E-state index in [9.17, 15) is 4.79 Å². The number of carbonyl (C=O) groups excluding carboxylic acids is 1. The second kappa shape index (κ2) is 3.52. The molecule has 0 aliphatic carbocycles. The quantitative estimate of drug-likeness (QED) is 0.765. The van der Waals surface area contributed by atoms with Gasteiger partial charge in [0.05, 0.1) is 6.04 Å². The minimum atomic E-state index is -0.423. The van der Waals surface area contributed by atoms with E-state index in [0.29, 0.717) is 0 Å². The molecule has 0 bridgehead atoms. The van der Waals surface area contributed by atoms with Crippen LogP contribution in [0.5, 0.6) is 0 Å². The first-order chi connectivity index (χ1) is 6.70. The Morgan fingerprint density at radius 1 is 1.43 bits per heavy atom. The van der Waals surface area contributed by atoms with Crippen LogP contribution >= 0.6 is 11.3 Å². The van der Waals surface area contributed by atoms with Crippen molar-refractivity contribution in [3.05, 3.63) is 35.2 Å². The third-order valence-electron chi connectivity index (χ3n) is 2.16. The number of fused-ring (bicyclic) bond motifs is 1. The Labute approximate surface area is 86.3 Å². The smallest absolute Gasteiger partial charge is 0.180 e. The van der Waals surface area contributed by atoms with E-state index in [1.165, 1.54) is 0 Å². The first-order valence-corrected chi connectivity index (χ1v) is 5.34. The molecule has 1 aromatic heterocycles. The molecule has 0 saturated heterocycles. The maximum atomic E-state index is 11.7. The molecule has 1 aromatic carbocycles. The van der Waals surface area contributed by atoms with Gasteiger partial charge in [0.2, 0.25) is 0 Å². The Kier molecular flexibility index (Phi) is 2.35. The molecule has 0 saturated carbocycles. The fourth-order valence-electron chi connectivity index (χ4n) is 1.41. The Hall–Kier alpha value is -1.19. The van der Waals surface area contributed by atoms with Crippen LogP contribution in [0.25, 0.3) is 10.1 Å². The molecule has 1 heterocycles. The molecule has 2 nitrogen and oxygen atoms in total. The standard InChI is InChI=1S/C11H11NOS/c1-7(12)11(13)9-6-14-10-5-3-2-4-8(9)10/h2-7H,12H2,1H3. The van der Waals surface area contributed by atoms with Crippen molar-refractivity contribution in [2.24, 2.45) is 5.73 Å². The normalized spacial score (nSPS) is 13.0. The van der Waals surface area contributed by atoms with Gasteiger partial charge in [0.25, 0.3) is 0 Å². The molecule has 0 amide bonds. The van der Waals surface area contributed by atoms with Gasteiger partial charge in [-0.25, -0.2) is 0 Å². The van der Waals surface area contributed by atoms with Gasteiger partial charge in [-0.15, -0.1) is 11.3 Å². The lowest BCUT2D eigenvalue weighted by molar-refractivity contribution is 0.0970. The van der Waals surface area contributed by atoms with E-state index in [0.717, 1.165) is 15.6 Å². The van der Waals surface area contributed by atoms with Crippen LogP contribution < -0.4 is 5.73 Å². The van der Waals surface area contributed by atoms with Gasteiger partial charge in [-0.2, -0.15) is 0 Å². The molecule has 3 heteroatoms. The maximum Gasteiger partial charge on any atom is 0.180 e. The maximum absolute atomic E-state index is 11.7. The van der Waals surface area contributed by atoms with Crippen molar-refractivity contribution < 1.29 is 4.79 Å². The zero-order valence-electron chi connectivity index (χ0n) is 7.86. The van der Waals surface area contributed by atoms with Gasteiger partial charge < -0.3 is 5.73 Å². The van der Waals surface area contributed by atoms with Crippen LogP contribution in [0.1, 0.15) is 17.3 Å². The van der Waals surface area contributed by atoms with Gasteiger partial charge in [0.15, 0.2) is 5.78 Å². The Balaban J connectivity index is 2.58. The molecule has 2 rings (SSSR count). The Bertz CT molecular complexity index is 473. The average Bonchev–Trinajstić information content (AvgIpc) is 2.60. The fourth-order valence-corrected chi connectivity index (χ4v) is 2.36. The number of benzene rings is 1. The van der Waals surface area contributed by atoms with Gasteiger partial charge in [-0.1, -0.05) is 18.2 Å². The van der Waals surface area contributed by atoms with Crippen LogP contribution in [0.15, 0.2) is 29.6 Å². The number of hydrogen-bond donors (Lipinski definition) is 1. The lowest BCUT2D eigenvalue weighted by atomic mass is 10.1. The number of carbonyl (C=O) groups is 1. The predicted molar refractivity (Wildman–Crippen MR) is 59.8 cm³/mol. The van der Waals surface area contributed by atoms with Crippen molar-refractivity contribution in [1.29, 1.82) is 0 Å². The molecule has 2 aromatic rings. The van der Waals surface area contributed by atoms with Crippen molar-refractivity contribution in [1.82, 2.24) is 0 Å². The van der Waals surface area contributed by atoms with Crippen LogP contribution in [0.4, 0.5) is 0 Å². The van der Waals surface area contributed by atoms with Gasteiger partial charge in [0, 0.05) is 21.0 Å². The first kappa shape index (κ1) is 9.37. The van der Waals surface area contributed by atoms with Crippen LogP contribution in [-0.2, 0) is 0 Å². The van der Waals surface area contributed by atoms with E-state index in [-0.39, 0.29) is 5.78 Å². The zero-order chi connectivity index (χ0) is 10.1. The highest BCUT2D eigenvalue weighted by atomic mass is 32.1. The summed E-state index contributed by atoms with van der Waals surface area (Å²) in [6.07, 6.45) is 0. The average molecular weight is 205 g/mol. The van der Waals surface area contributed by atoms with Gasteiger partial charge >= 0.3 is 0 Å². The lowest BCUT2D eigenvalue weighted by Gasteiger charge is -2.01. The van der Waals surface area contributed by atoms with E-state index in [2.05, 4.69) is 0 Å². The number of thiophene rings is 1. The summed E-state index contributed by atoms with van der Waals surface area (Å²) in [6.45, 7) is 1.72. The van der Waals surface area contributed by atoms with Crippen LogP contribution in [-0.4, -0.2) is 11.8 Å². The number of Topliss-reactive ketones (excluding diaryl/α,β-unsaturated/α-hetero) is 1. The van der Waals surface area contributed by atoms with Crippen LogP contribution in [0, 0.1) is 0 Å². The monoisotopic (exact) mass is 205 g/mol. The zero-order valence-corrected chi connectivity index (χ0v) is 8.67. The van der Waals surface area contributed by atoms with E-state index in [1.54, 1.807) is 18.3 Å². The summed E-state index contributed by atoms with van der Waals surface area (Å²) in [7, 11) is 0. The molecule has 0 spiro atoms. The summed E-state index contributed by atoms with van der Waals surface area (Å²) in [5.74, 6) is 0.0162. The number of hydrogen-bond acceptors (Lipinski definition) is 3. The molecule has 1 unspecified atom stereocenters. The highest BCUT2D eigenvalue weighted by Gasteiger charge is 2.14. The van der Waals surface area contributed by atoms with E-state index < -0.39 is 6.04 Å². The second-order valence-corrected chi connectivity index (χ2v) is 4.21. The largest absolute Gasteiger partial charge is 0.321 e. The molecule has 0 fully saturated rings. The summed E-state index contributed by atoms with van der Waals surface area (Å²) in [4.78, 5) is 11.7. The number of ketones is 1. The molecular weight excluding hydrogens is 194 g/mol. The molecule has 72 valence electrons. The highest BCUT2D eigenvalue weighted by Crippen LogP contribution is 2.26. The summed E-state index contributed by atoms with van der Waals surface area (Å²) in [5, 5.41) is 2.90. The van der Waals surface area contributed by atoms with E-state index >= 15 is 0 Å². The van der Waals surface area contributed by atoms with E-state index in [4.69, 9.17) is 5.73 Å². The minimum Gasteiger partial charge on any atom is -0.321 e. The van der Waals surface area contributed by atoms with Crippen LogP contribution in [0.3, 0.4) is 0 Å². The number of rotatable bonds is 2. The third-order valence-corrected chi connectivity index (χ3v) is 3.12. The molecule has 2 N–H and O–H groups in total. The molecule has 14 heavy (non-hydrogen) atoms. The van der Waals surface area contributed by atoms with Crippen molar-refractivity contribution in [2.45, 2.75) is 13.0 Å². The van der Waals surface area contributed by atoms with Crippen LogP contribution in [0.2, 0.25) is 0 Å². The SMILES string of the molecule is CC(N)C(=O)c1csc2ccccc12. The summed E-state index contributed by atoms with van der Waals surface area (Å²) in [6, 6.07) is 7.46. The first-order valence-electron chi connectivity index (χ1n) is 4.46. The van der Waals surface area contributed by atoms with Gasteiger partial charge in [-0.3, -0.25) is 4.79 Å². The Morgan fingerprint density at radius 2 is 2.14 bits per heavy atom. The summed E-state index contributed by atoms with van der Waals surface area (Å²) < 4.78 is 1.14. The lowest BCUT2D eigenvalue weighted by Crippen LogP contribution is -2.26. The third kappa shape index (κ3) is 1.45. The van der Waals surface area contributed by atoms with E-state index in [1.807, 2.05) is 29.6 Å². The molecular formula is C11H11NOS.